The average molecular weight is 412 g/mol. The van der Waals surface area contributed by atoms with Gasteiger partial charge < -0.3 is 14.8 Å². The number of imidazole rings is 1. The maximum absolute atomic E-state index is 12.6. The molecule has 6 nitrogen and oxygen atoms in total. The van der Waals surface area contributed by atoms with Gasteiger partial charge in [0.2, 0.25) is 5.91 Å². The Hall–Kier alpha value is -2.51. The van der Waals surface area contributed by atoms with Crippen LogP contribution in [0, 0.1) is 0 Å². The number of thioether (sulfide) groups is 1. The fraction of sp³-hybridized carbons (Fsp3) is 0.364. The van der Waals surface area contributed by atoms with Gasteiger partial charge in [-0.2, -0.15) is 0 Å². The van der Waals surface area contributed by atoms with E-state index >= 15 is 0 Å². The number of benzene rings is 2. The van der Waals surface area contributed by atoms with Crippen molar-refractivity contribution in [2.45, 2.75) is 36.3 Å². The van der Waals surface area contributed by atoms with Gasteiger partial charge in [0.1, 0.15) is 5.75 Å². The lowest BCUT2D eigenvalue weighted by molar-refractivity contribution is -0.120. The van der Waals surface area contributed by atoms with Crippen LogP contribution in [0.3, 0.4) is 0 Å². The van der Waals surface area contributed by atoms with Crippen LogP contribution < -0.4 is 10.1 Å². The normalized spacial score (nSPS) is 17.4. The van der Waals surface area contributed by atoms with Crippen molar-refractivity contribution in [3.63, 3.8) is 0 Å². The summed E-state index contributed by atoms with van der Waals surface area (Å²) in [4.78, 5) is 17.4. The zero-order chi connectivity index (χ0) is 20.2. The van der Waals surface area contributed by atoms with Crippen LogP contribution >= 0.6 is 11.8 Å². The van der Waals surface area contributed by atoms with E-state index in [1.54, 1.807) is 7.11 Å². The highest BCUT2D eigenvalue weighted by molar-refractivity contribution is 8.00. The molecule has 152 valence electrons. The molecule has 7 heteroatoms. The number of carbonyl (C=O) groups is 1. The van der Waals surface area contributed by atoms with Crippen LogP contribution in [-0.4, -0.2) is 47.1 Å². The van der Waals surface area contributed by atoms with Crippen molar-refractivity contribution in [2.24, 2.45) is 0 Å². The lowest BCUT2D eigenvalue weighted by Gasteiger charge is -2.15. The summed E-state index contributed by atoms with van der Waals surface area (Å²) in [5, 5.41) is 3.53. The van der Waals surface area contributed by atoms with E-state index in [9.17, 15) is 4.79 Å². The molecule has 3 aromatic rings. The van der Waals surface area contributed by atoms with Gasteiger partial charge in [-0.15, -0.1) is 0 Å². The molecule has 2 heterocycles. The van der Waals surface area contributed by atoms with Crippen molar-refractivity contribution in [1.29, 1.82) is 0 Å². The van der Waals surface area contributed by atoms with Gasteiger partial charge in [0.05, 0.1) is 29.5 Å². The lowest BCUT2D eigenvalue weighted by atomic mass is 10.2. The first kappa shape index (κ1) is 19.8. The third-order valence-corrected chi connectivity index (χ3v) is 6.09. The van der Waals surface area contributed by atoms with Gasteiger partial charge >= 0.3 is 0 Å². The van der Waals surface area contributed by atoms with E-state index in [1.165, 1.54) is 11.8 Å². The monoisotopic (exact) mass is 411 g/mol. The molecule has 1 amide bonds. The number of para-hydroxylation sites is 2. The standard InChI is InChI=1S/C22H25N3O3S/c1-15(21(26)23-14-18-6-5-13-28-18)29-22-24-19-7-3-4-8-20(19)25(22)16-9-11-17(27-2)12-10-16/h3-4,7-12,15,18H,5-6,13-14H2,1-2H3,(H,23,26)/t15-,18-/m1/s1. The van der Waals surface area contributed by atoms with Crippen molar-refractivity contribution in [1.82, 2.24) is 14.9 Å². The quantitative estimate of drug-likeness (QED) is 0.599. The highest BCUT2D eigenvalue weighted by Crippen LogP contribution is 2.31. The Kier molecular flexibility index (Phi) is 6.06. The fourth-order valence-corrected chi connectivity index (χ4v) is 4.41. The number of nitrogens with one attached hydrogen (secondary N) is 1. The molecule has 1 aliphatic rings. The van der Waals surface area contributed by atoms with Crippen molar-refractivity contribution in [3.8, 4) is 11.4 Å². The summed E-state index contributed by atoms with van der Waals surface area (Å²) in [5.74, 6) is 0.799. The molecule has 1 N–H and O–H groups in total. The number of methoxy groups -OCH3 is 1. The van der Waals surface area contributed by atoms with Gasteiger partial charge in [-0.05, 0) is 56.2 Å². The largest absolute Gasteiger partial charge is 0.497 e. The van der Waals surface area contributed by atoms with Gasteiger partial charge in [0, 0.05) is 18.8 Å². The molecular formula is C22H25N3O3S. The van der Waals surface area contributed by atoms with Crippen LogP contribution in [-0.2, 0) is 9.53 Å². The molecule has 0 spiro atoms. The summed E-state index contributed by atoms with van der Waals surface area (Å²) in [7, 11) is 1.65. The van der Waals surface area contributed by atoms with Gasteiger partial charge in [0.25, 0.3) is 0 Å². The molecular weight excluding hydrogens is 386 g/mol. The maximum Gasteiger partial charge on any atom is 0.233 e. The number of hydrogen-bond donors (Lipinski definition) is 1. The van der Waals surface area contributed by atoms with E-state index in [0.717, 1.165) is 47.1 Å². The number of amides is 1. The minimum atomic E-state index is -0.273. The molecule has 1 fully saturated rings. The summed E-state index contributed by atoms with van der Waals surface area (Å²) in [6.45, 7) is 3.27. The first-order chi connectivity index (χ1) is 14.2. The zero-order valence-corrected chi connectivity index (χ0v) is 17.4. The van der Waals surface area contributed by atoms with E-state index in [4.69, 9.17) is 14.5 Å². The molecule has 1 saturated heterocycles. The van der Waals surface area contributed by atoms with E-state index in [-0.39, 0.29) is 17.3 Å². The Bertz CT molecular complexity index is 981. The van der Waals surface area contributed by atoms with Gasteiger partial charge in [-0.1, -0.05) is 23.9 Å². The topological polar surface area (TPSA) is 65.4 Å². The molecule has 2 atom stereocenters. The number of hydrogen-bond acceptors (Lipinski definition) is 5. The smallest absolute Gasteiger partial charge is 0.233 e. The first-order valence-corrected chi connectivity index (χ1v) is 10.7. The molecule has 0 aliphatic carbocycles. The number of aromatic nitrogens is 2. The van der Waals surface area contributed by atoms with E-state index in [0.29, 0.717) is 6.54 Å². The summed E-state index contributed by atoms with van der Waals surface area (Å²) >= 11 is 1.46. The Balaban J connectivity index is 1.56. The summed E-state index contributed by atoms with van der Waals surface area (Å²) in [5.41, 5.74) is 2.89. The van der Waals surface area contributed by atoms with Crippen LogP contribution in [0.4, 0.5) is 0 Å². The predicted octanol–water partition coefficient (Wildman–Crippen LogP) is 3.81. The van der Waals surface area contributed by atoms with Crippen LogP contribution in [0.1, 0.15) is 19.8 Å². The molecule has 0 saturated carbocycles. The van der Waals surface area contributed by atoms with Gasteiger partial charge in [-0.25, -0.2) is 4.98 Å². The molecule has 1 aliphatic heterocycles. The number of nitrogens with zero attached hydrogens (tertiary/aromatic N) is 2. The second kappa shape index (κ2) is 8.88. The Morgan fingerprint density at radius 3 is 2.83 bits per heavy atom. The van der Waals surface area contributed by atoms with Crippen LogP contribution in [0.25, 0.3) is 16.7 Å². The number of ether oxygens (including phenoxy) is 2. The third-order valence-electron chi connectivity index (χ3n) is 5.04. The van der Waals surface area contributed by atoms with Crippen LogP contribution in [0.2, 0.25) is 0 Å². The van der Waals surface area contributed by atoms with Gasteiger partial charge in [0.15, 0.2) is 5.16 Å². The van der Waals surface area contributed by atoms with Crippen molar-refractivity contribution < 1.29 is 14.3 Å². The lowest BCUT2D eigenvalue weighted by Crippen LogP contribution is -2.36. The summed E-state index contributed by atoms with van der Waals surface area (Å²) in [6.07, 6.45) is 2.21. The van der Waals surface area contributed by atoms with Crippen LogP contribution in [0.5, 0.6) is 5.75 Å². The first-order valence-electron chi connectivity index (χ1n) is 9.83. The number of carbonyl (C=O) groups excluding carboxylic acids is 1. The minimum Gasteiger partial charge on any atom is -0.497 e. The Labute approximate surface area is 174 Å². The Morgan fingerprint density at radius 1 is 1.31 bits per heavy atom. The van der Waals surface area contributed by atoms with E-state index < -0.39 is 0 Å². The Morgan fingerprint density at radius 2 is 2.10 bits per heavy atom. The maximum atomic E-state index is 12.6. The number of fused-ring (bicyclic) bond motifs is 1. The summed E-state index contributed by atoms with van der Waals surface area (Å²) in [6, 6.07) is 15.8. The summed E-state index contributed by atoms with van der Waals surface area (Å²) < 4.78 is 13.0. The average Bonchev–Trinajstić information content (AvgIpc) is 3.39. The predicted molar refractivity (Wildman–Crippen MR) is 115 cm³/mol. The third kappa shape index (κ3) is 4.41. The number of rotatable bonds is 7. The second-order valence-electron chi connectivity index (χ2n) is 7.06. The van der Waals surface area contributed by atoms with E-state index in [2.05, 4.69) is 9.88 Å². The van der Waals surface area contributed by atoms with Crippen molar-refractivity contribution in [2.75, 3.05) is 20.3 Å². The zero-order valence-electron chi connectivity index (χ0n) is 16.6. The van der Waals surface area contributed by atoms with Crippen molar-refractivity contribution in [3.05, 3.63) is 48.5 Å². The highest BCUT2D eigenvalue weighted by atomic mass is 32.2. The molecule has 0 unspecified atom stereocenters. The minimum absolute atomic E-state index is 0.00108. The van der Waals surface area contributed by atoms with Gasteiger partial charge in [-0.3, -0.25) is 9.36 Å². The molecule has 29 heavy (non-hydrogen) atoms. The highest BCUT2D eigenvalue weighted by Gasteiger charge is 2.22. The SMILES string of the molecule is COc1ccc(-n2c(S[C@H](C)C(=O)NC[C@H]3CCCO3)nc3ccccc32)cc1. The van der Waals surface area contributed by atoms with Crippen molar-refractivity contribution >= 4 is 28.7 Å². The molecule has 4 rings (SSSR count). The molecule has 0 radical (unpaired) electrons. The fourth-order valence-electron chi connectivity index (χ4n) is 3.44. The second-order valence-corrected chi connectivity index (χ2v) is 8.36. The molecule has 2 aromatic carbocycles. The van der Waals surface area contributed by atoms with E-state index in [1.807, 2.05) is 55.5 Å². The molecule has 0 bridgehead atoms. The van der Waals surface area contributed by atoms with Crippen LogP contribution in [0.15, 0.2) is 53.7 Å². The molecule has 1 aromatic heterocycles.